The van der Waals surface area contributed by atoms with Crippen molar-refractivity contribution in [3.8, 4) is 28.7 Å². The molecule has 0 N–H and O–H groups in total. The maximum absolute atomic E-state index is 5.19. The van der Waals surface area contributed by atoms with Gasteiger partial charge in [0.15, 0.2) is 11.6 Å². The Bertz CT molecular complexity index is 2420. The lowest BCUT2D eigenvalue weighted by molar-refractivity contribution is 0.953. The van der Waals surface area contributed by atoms with E-state index in [1.165, 1.54) is 19.6 Å². The Morgan fingerprint density at radius 1 is 0.320 bits per heavy atom. The summed E-state index contributed by atoms with van der Waals surface area (Å²) in [6.45, 7) is 0. The monoisotopic (exact) mass is 660 g/mol. The van der Waals surface area contributed by atoms with E-state index in [4.69, 9.17) is 15.0 Å². The first-order chi connectivity index (χ1) is 24.8. The van der Waals surface area contributed by atoms with Gasteiger partial charge in [0, 0.05) is 41.5 Å². The maximum Gasteiger partial charge on any atom is 0.238 e. The summed E-state index contributed by atoms with van der Waals surface area (Å²) in [5, 5.41) is 2.33. The third kappa shape index (κ3) is 4.99. The molecule has 0 atom stereocenters. The Balaban J connectivity index is 1.26. The summed E-state index contributed by atoms with van der Waals surface area (Å²) in [6.07, 6.45) is 0. The van der Waals surface area contributed by atoms with Crippen LogP contribution in [-0.4, -0.2) is 19.5 Å². The zero-order chi connectivity index (χ0) is 33.3. The molecule has 50 heavy (non-hydrogen) atoms. The van der Waals surface area contributed by atoms with Crippen LogP contribution in [0.5, 0.6) is 0 Å². The molecule has 0 saturated carbocycles. The highest BCUT2D eigenvalue weighted by atomic mass is 32.3. The molecule has 0 unspecified atom stereocenters. The van der Waals surface area contributed by atoms with E-state index in [1.807, 2.05) is 18.2 Å². The fourth-order valence-corrected chi connectivity index (χ4v) is 10.8. The molecule has 9 rings (SSSR count). The highest BCUT2D eigenvalue weighted by Gasteiger charge is 2.33. The number of hydrogen-bond acceptors (Lipinski definition) is 3. The molecule has 0 amide bonds. The van der Waals surface area contributed by atoms with Gasteiger partial charge in [-0.1, -0.05) is 133 Å². The van der Waals surface area contributed by atoms with Crippen LogP contribution < -0.4 is 0 Å². The third-order valence-corrected chi connectivity index (χ3v) is 13.1. The van der Waals surface area contributed by atoms with E-state index in [9.17, 15) is 0 Å². The molecule has 0 aliphatic heterocycles. The van der Waals surface area contributed by atoms with Gasteiger partial charge in [-0.05, 0) is 60.7 Å². The summed E-state index contributed by atoms with van der Waals surface area (Å²) in [5.41, 5.74) is 3.98. The molecule has 2 aromatic heterocycles. The minimum absolute atomic E-state index is 0.591. The molecule has 2 heterocycles. The van der Waals surface area contributed by atoms with Crippen molar-refractivity contribution in [2.24, 2.45) is 0 Å². The average Bonchev–Trinajstić information content (AvgIpc) is 3.54. The van der Waals surface area contributed by atoms with Gasteiger partial charge in [-0.2, -0.15) is 9.97 Å². The van der Waals surface area contributed by atoms with E-state index in [2.05, 4.69) is 180 Å². The van der Waals surface area contributed by atoms with Crippen LogP contribution >= 0.6 is 10.0 Å². The van der Waals surface area contributed by atoms with Gasteiger partial charge in [0.25, 0.3) is 0 Å². The largest absolute Gasteiger partial charge is 0.278 e. The van der Waals surface area contributed by atoms with Crippen molar-refractivity contribution in [1.82, 2.24) is 19.5 Å². The molecule has 0 bridgehead atoms. The highest BCUT2D eigenvalue weighted by Crippen LogP contribution is 2.73. The fraction of sp³-hybridized carbons (Fsp3) is 0. The van der Waals surface area contributed by atoms with Crippen LogP contribution in [0.25, 0.3) is 50.5 Å². The lowest BCUT2D eigenvalue weighted by Crippen LogP contribution is -2.07. The van der Waals surface area contributed by atoms with Gasteiger partial charge in [-0.3, -0.25) is 4.57 Å². The molecule has 0 radical (unpaired) electrons. The fourth-order valence-electron chi connectivity index (χ4n) is 6.95. The van der Waals surface area contributed by atoms with Gasteiger partial charge in [-0.15, -0.1) is 10.0 Å². The van der Waals surface area contributed by atoms with Gasteiger partial charge in [0.1, 0.15) is 0 Å². The zero-order valence-corrected chi connectivity index (χ0v) is 28.0. The smallest absolute Gasteiger partial charge is 0.238 e. The van der Waals surface area contributed by atoms with Gasteiger partial charge < -0.3 is 0 Å². The van der Waals surface area contributed by atoms with Crippen molar-refractivity contribution in [2.75, 3.05) is 0 Å². The molecule has 5 heteroatoms. The summed E-state index contributed by atoms with van der Waals surface area (Å²) < 4.78 is 2.16. The summed E-state index contributed by atoms with van der Waals surface area (Å²) >= 11 is 0. The zero-order valence-electron chi connectivity index (χ0n) is 27.2. The van der Waals surface area contributed by atoms with Crippen LogP contribution in [0.1, 0.15) is 0 Å². The van der Waals surface area contributed by atoms with Crippen molar-refractivity contribution < 1.29 is 0 Å². The molecular formula is C45H32N4S. The van der Waals surface area contributed by atoms with Gasteiger partial charge in [-0.25, -0.2) is 4.98 Å². The lowest BCUT2D eigenvalue weighted by atomic mass is 10.2. The summed E-state index contributed by atoms with van der Waals surface area (Å²) in [4.78, 5) is 20.4. The van der Waals surface area contributed by atoms with Crippen LogP contribution in [0, 0.1) is 0 Å². The van der Waals surface area contributed by atoms with Gasteiger partial charge in [0.05, 0.1) is 11.0 Å². The molecule has 0 spiro atoms. The lowest BCUT2D eigenvalue weighted by Gasteiger charge is -2.42. The van der Waals surface area contributed by atoms with Crippen molar-refractivity contribution in [2.45, 2.75) is 19.6 Å². The number of hydrogen-bond donors (Lipinski definition) is 0. The predicted molar refractivity (Wildman–Crippen MR) is 205 cm³/mol. The van der Waals surface area contributed by atoms with E-state index in [0.29, 0.717) is 17.6 Å². The minimum atomic E-state index is -1.81. The van der Waals surface area contributed by atoms with Crippen molar-refractivity contribution >= 4 is 31.8 Å². The number of rotatable bonds is 7. The average molecular weight is 661 g/mol. The van der Waals surface area contributed by atoms with Crippen LogP contribution in [0.3, 0.4) is 0 Å². The first kappa shape index (κ1) is 29.8. The normalized spacial score (nSPS) is 11.9. The number of aromatic nitrogens is 4. The number of fused-ring (bicyclic) bond motifs is 3. The number of benzene rings is 7. The Hall–Kier alpha value is -6.30. The minimum Gasteiger partial charge on any atom is -0.278 e. The van der Waals surface area contributed by atoms with Gasteiger partial charge >= 0.3 is 0 Å². The third-order valence-electron chi connectivity index (χ3n) is 9.19. The predicted octanol–water partition coefficient (Wildman–Crippen LogP) is 11.6. The van der Waals surface area contributed by atoms with Gasteiger partial charge in [0.2, 0.25) is 5.95 Å². The molecule has 0 saturated heterocycles. The molecule has 0 aliphatic rings. The van der Waals surface area contributed by atoms with E-state index in [1.54, 1.807) is 0 Å². The highest BCUT2D eigenvalue weighted by molar-refractivity contribution is 8.34. The summed E-state index contributed by atoms with van der Waals surface area (Å²) in [7, 11) is -1.81. The SMILES string of the molecule is c1ccc(-c2nc(-c3ccc(S(c4ccccc4)(c4ccccc4)c4ccccc4)cc3)nc(-n3c4ccccc4c4ccccc43)n2)cc1. The molecule has 9 aromatic rings. The molecule has 238 valence electrons. The molecule has 4 nitrogen and oxygen atoms in total. The second kappa shape index (κ2) is 12.6. The van der Waals surface area contributed by atoms with Crippen LogP contribution in [0.4, 0.5) is 0 Å². The van der Waals surface area contributed by atoms with Crippen LogP contribution in [-0.2, 0) is 0 Å². The van der Waals surface area contributed by atoms with Crippen molar-refractivity contribution in [3.05, 3.63) is 194 Å². The molecular weight excluding hydrogens is 629 g/mol. The van der Waals surface area contributed by atoms with Crippen molar-refractivity contribution in [1.29, 1.82) is 0 Å². The topological polar surface area (TPSA) is 43.6 Å². The van der Waals surface area contributed by atoms with E-state index >= 15 is 0 Å². The standard InChI is InChI=1S/C45H32N4S/c1-5-17-33(18-6-1)43-46-44(48-45(47-43)49-41-27-15-13-25-39(41)40-26-14-16-28-42(40)49)34-29-31-38(32-30-34)50(35-19-7-2-8-20-35,36-21-9-3-10-22-36)37-23-11-4-12-24-37/h1-32H. The molecule has 0 aliphatic carbocycles. The molecule has 0 fully saturated rings. The first-order valence-electron chi connectivity index (χ1n) is 16.7. The van der Waals surface area contributed by atoms with Crippen LogP contribution in [0.2, 0.25) is 0 Å². The van der Waals surface area contributed by atoms with Crippen LogP contribution in [0.15, 0.2) is 214 Å². The second-order valence-corrected chi connectivity index (χ2v) is 15.2. The summed E-state index contributed by atoms with van der Waals surface area (Å²) in [6, 6.07) is 68.6. The number of para-hydroxylation sites is 2. The molecule has 7 aromatic carbocycles. The van der Waals surface area contributed by atoms with E-state index in [-0.39, 0.29) is 0 Å². The summed E-state index contributed by atoms with van der Waals surface area (Å²) in [5.74, 6) is 1.85. The van der Waals surface area contributed by atoms with Crippen molar-refractivity contribution in [3.63, 3.8) is 0 Å². The maximum atomic E-state index is 5.19. The second-order valence-electron chi connectivity index (χ2n) is 12.1. The van der Waals surface area contributed by atoms with E-state index < -0.39 is 10.0 Å². The number of nitrogens with zero attached hydrogens (tertiary/aromatic N) is 4. The quantitative estimate of drug-likeness (QED) is 0.171. The Morgan fingerprint density at radius 3 is 1.14 bits per heavy atom. The van der Waals surface area contributed by atoms with E-state index in [0.717, 1.165) is 32.9 Å². The Labute approximate surface area is 292 Å². The Kier molecular flexibility index (Phi) is 7.52. The first-order valence-corrected chi connectivity index (χ1v) is 18.3. The Morgan fingerprint density at radius 2 is 0.680 bits per heavy atom.